The predicted octanol–water partition coefficient (Wildman–Crippen LogP) is 1.15. The van der Waals surface area contributed by atoms with Gasteiger partial charge in [0.1, 0.15) is 11.7 Å². The fraction of sp³-hybridized carbons (Fsp3) is 0.778. The lowest BCUT2D eigenvalue weighted by Gasteiger charge is -2.37. The first-order chi connectivity index (χ1) is 6.68. The smallest absolute Gasteiger partial charge is 0.255 e. The largest absolute Gasteiger partial charge is 0.384 e. The number of nitrogens with zero attached hydrogens (tertiary/aromatic N) is 2. The van der Waals surface area contributed by atoms with Gasteiger partial charge in [-0.15, -0.1) is 0 Å². The van der Waals surface area contributed by atoms with Crippen molar-refractivity contribution in [1.82, 2.24) is 10.1 Å². The van der Waals surface area contributed by atoms with E-state index in [4.69, 9.17) is 9.26 Å². The highest BCUT2D eigenvalue weighted by molar-refractivity contribution is 5.06. The average molecular weight is 198 g/mol. The molecule has 1 aliphatic rings. The van der Waals surface area contributed by atoms with Gasteiger partial charge in [-0.05, 0) is 26.2 Å². The van der Waals surface area contributed by atoms with E-state index in [0.29, 0.717) is 5.82 Å². The van der Waals surface area contributed by atoms with E-state index in [0.717, 1.165) is 19.3 Å². The Balaban J connectivity index is 2.23. The molecule has 0 radical (unpaired) electrons. The molecule has 0 spiro atoms. The first-order valence-electron chi connectivity index (χ1n) is 4.75. The fourth-order valence-electron chi connectivity index (χ4n) is 1.61. The van der Waals surface area contributed by atoms with Gasteiger partial charge >= 0.3 is 0 Å². The molecule has 1 atom stereocenters. The molecule has 1 fully saturated rings. The van der Waals surface area contributed by atoms with Gasteiger partial charge in [0.05, 0.1) is 0 Å². The van der Waals surface area contributed by atoms with Gasteiger partial charge in [0, 0.05) is 7.11 Å². The van der Waals surface area contributed by atoms with E-state index in [1.165, 1.54) is 0 Å². The highest BCUT2D eigenvalue weighted by Crippen LogP contribution is 2.42. The Morgan fingerprint density at radius 2 is 2.29 bits per heavy atom. The number of aromatic nitrogens is 2. The number of aliphatic hydroxyl groups excluding tert-OH is 1. The summed E-state index contributed by atoms with van der Waals surface area (Å²) in [6.07, 6.45) is 2.24. The molecule has 0 aromatic carbocycles. The molecule has 0 unspecified atom stereocenters. The molecule has 0 saturated heterocycles. The van der Waals surface area contributed by atoms with Crippen molar-refractivity contribution < 1.29 is 14.4 Å². The van der Waals surface area contributed by atoms with Crippen molar-refractivity contribution in [1.29, 1.82) is 0 Å². The molecule has 1 saturated carbocycles. The standard InChI is InChI=1S/C9H14N2O3/c1-6(12)7-10-8(11-14-7)9(13-2)4-3-5-9/h6,12H,3-5H2,1-2H3/t6-/m0/s1. The van der Waals surface area contributed by atoms with E-state index in [9.17, 15) is 5.11 Å². The van der Waals surface area contributed by atoms with Crippen molar-refractivity contribution in [2.75, 3.05) is 7.11 Å². The van der Waals surface area contributed by atoms with Crippen LogP contribution in [0.5, 0.6) is 0 Å². The molecule has 1 heterocycles. The first kappa shape index (κ1) is 9.61. The molecule has 1 aromatic rings. The third-order valence-corrected chi connectivity index (χ3v) is 2.76. The van der Waals surface area contributed by atoms with E-state index < -0.39 is 6.10 Å². The molecule has 0 amide bonds. The number of rotatable bonds is 3. The van der Waals surface area contributed by atoms with Crippen LogP contribution >= 0.6 is 0 Å². The molecule has 14 heavy (non-hydrogen) atoms. The summed E-state index contributed by atoms with van der Waals surface area (Å²) in [6.45, 7) is 1.59. The van der Waals surface area contributed by atoms with Crippen LogP contribution in [-0.2, 0) is 10.3 Å². The van der Waals surface area contributed by atoms with Gasteiger partial charge in [-0.1, -0.05) is 5.16 Å². The van der Waals surface area contributed by atoms with Gasteiger partial charge in [0.15, 0.2) is 0 Å². The summed E-state index contributed by atoms with van der Waals surface area (Å²) >= 11 is 0. The Morgan fingerprint density at radius 1 is 1.57 bits per heavy atom. The van der Waals surface area contributed by atoms with Gasteiger partial charge < -0.3 is 14.4 Å². The zero-order chi connectivity index (χ0) is 10.2. The lowest BCUT2D eigenvalue weighted by molar-refractivity contribution is -0.0858. The average Bonchev–Trinajstić information content (AvgIpc) is 2.52. The minimum absolute atomic E-state index is 0.253. The van der Waals surface area contributed by atoms with E-state index >= 15 is 0 Å². The summed E-state index contributed by atoms with van der Waals surface area (Å²) in [5.41, 5.74) is -0.364. The van der Waals surface area contributed by atoms with Crippen molar-refractivity contribution in [2.45, 2.75) is 37.9 Å². The number of aliphatic hydroxyl groups is 1. The maximum Gasteiger partial charge on any atom is 0.255 e. The van der Waals surface area contributed by atoms with E-state index in [1.807, 2.05) is 0 Å². The lowest BCUT2D eigenvalue weighted by atomic mass is 9.79. The SMILES string of the molecule is COC1(c2noc([C@H](C)O)n2)CCC1. The number of ether oxygens (including phenoxy) is 1. The Kier molecular flexibility index (Phi) is 2.28. The monoisotopic (exact) mass is 198 g/mol. The Hall–Kier alpha value is -0.940. The van der Waals surface area contributed by atoms with Crippen molar-refractivity contribution in [2.24, 2.45) is 0 Å². The van der Waals surface area contributed by atoms with Gasteiger partial charge in [0.2, 0.25) is 5.82 Å². The third-order valence-electron chi connectivity index (χ3n) is 2.76. The maximum absolute atomic E-state index is 9.23. The van der Waals surface area contributed by atoms with Gasteiger partial charge in [0.25, 0.3) is 5.89 Å². The van der Waals surface area contributed by atoms with E-state index in [-0.39, 0.29) is 11.5 Å². The number of methoxy groups -OCH3 is 1. The summed E-state index contributed by atoms with van der Waals surface area (Å²) in [5, 5.41) is 13.1. The Labute approximate surface area is 82.1 Å². The topological polar surface area (TPSA) is 68.4 Å². The van der Waals surface area contributed by atoms with Crippen LogP contribution < -0.4 is 0 Å². The minimum atomic E-state index is -0.717. The van der Waals surface area contributed by atoms with E-state index in [2.05, 4.69) is 10.1 Å². The van der Waals surface area contributed by atoms with Crippen molar-refractivity contribution in [3.8, 4) is 0 Å². The second-order valence-corrected chi connectivity index (χ2v) is 3.68. The number of hydrogen-bond donors (Lipinski definition) is 1. The fourth-order valence-corrected chi connectivity index (χ4v) is 1.61. The maximum atomic E-state index is 9.23. The highest BCUT2D eigenvalue weighted by atomic mass is 16.5. The zero-order valence-electron chi connectivity index (χ0n) is 8.36. The van der Waals surface area contributed by atoms with Gasteiger partial charge in [-0.2, -0.15) is 4.98 Å². The third kappa shape index (κ3) is 1.33. The van der Waals surface area contributed by atoms with E-state index in [1.54, 1.807) is 14.0 Å². The van der Waals surface area contributed by atoms with Crippen LogP contribution in [0.3, 0.4) is 0 Å². The van der Waals surface area contributed by atoms with Gasteiger partial charge in [-0.3, -0.25) is 0 Å². The molecule has 0 bridgehead atoms. The Morgan fingerprint density at radius 3 is 2.64 bits per heavy atom. The van der Waals surface area contributed by atoms with Crippen LogP contribution in [0, 0.1) is 0 Å². The molecule has 2 rings (SSSR count). The van der Waals surface area contributed by atoms with Crippen LogP contribution in [0.2, 0.25) is 0 Å². The first-order valence-corrected chi connectivity index (χ1v) is 4.75. The molecule has 0 aliphatic heterocycles. The molecular formula is C9H14N2O3. The summed E-state index contributed by atoms with van der Waals surface area (Å²) in [6, 6.07) is 0. The molecule has 1 aromatic heterocycles. The van der Waals surface area contributed by atoms with Crippen LogP contribution in [0.15, 0.2) is 4.52 Å². The van der Waals surface area contributed by atoms with Crippen LogP contribution in [0.1, 0.15) is 44.0 Å². The predicted molar refractivity (Wildman–Crippen MR) is 47.5 cm³/mol. The van der Waals surface area contributed by atoms with Crippen molar-refractivity contribution >= 4 is 0 Å². The highest BCUT2D eigenvalue weighted by Gasteiger charge is 2.43. The minimum Gasteiger partial charge on any atom is -0.384 e. The number of hydrogen-bond acceptors (Lipinski definition) is 5. The Bertz CT molecular complexity index is 312. The molecular weight excluding hydrogens is 184 g/mol. The molecule has 1 N–H and O–H groups in total. The molecule has 5 heteroatoms. The normalized spacial score (nSPS) is 21.6. The second kappa shape index (κ2) is 3.33. The summed E-state index contributed by atoms with van der Waals surface area (Å²) in [4.78, 5) is 4.12. The summed E-state index contributed by atoms with van der Waals surface area (Å²) in [5.74, 6) is 0.811. The summed E-state index contributed by atoms with van der Waals surface area (Å²) < 4.78 is 10.3. The zero-order valence-corrected chi connectivity index (χ0v) is 8.36. The van der Waals surface area contributed by atoms with Crippen LogP contribution in [0.4, 0.5) is 0 Å². The molecule has 78 valence electrons. The molecule has 5 nitrogen and oxygen atoms in total. The second-order valence-electron chi connectivity index (χ2n) is 3.68. The molecule has 1 aliphatic carbocycles. The van der Waals surface area contributed by atoms with Gasteiger partial charge in [-0.25, -0.2) is 0 Å². The quantitative estimate of drug-likeness (QED) is 0.789. The van der Waals surface area contributed by atoms with Crippen LogP contribution in [0.25, 0.3) is 0 Å². The lowest BCUT2D eigenvalue weighted by Crippen LogP contribution is -2.37. The van der Waals surface area contributed by atoms with Crippen molar-refractivity contribution in [3.63, 3.8) is 0 Å². The summed E-state index contributed by atoms with van der Waals surface area (Å²) in [7, 11) is 1.65. The van der Waals surface area contributed by atoms with Crippen LogP contribution in [-0.4, -0.2) is 22.4 Å². The van der Waals surface area contributed by atoms with Crippen molar-refractivity contribution in [3.05, 3.63) is 11.7 Å².